The second kappa shape index (κ2) is 8.21. The SMILES string of the molecule is CCNc1ccc([N+](=O)[O-])c(C(=O)N(CC)CCCO)c1. The maximum atomic E-state index is 12.5. The Morgan fingerprint density at radius 1 is 1.43 bits per heavy atom. The number of carbonyl (C=O) groups excluding carboxylic acids is 1. The Balaban J connectivity index is 3.13. The molecule has 7 heteroatoms. The molecule has 0 aliphatic rings. The van der Waals surface area contributed by atoms with Crippen molar-refractivity contribution in [2.75, 3.05) is 31.6 Å². The van der Waals surface area contributed by atoms with E-state index in [1.807, 2.05) is 6.92 Å². The molecule has 1 amide bonds. The zero-order chi connectivity index (χ0) is 15.8. The number of hydrogen-bond donors (Lipinski definition) is 2. The largest absolute Gasteiger partial charge is 0.396 e. The third kappa shape index (κ3) is 4.42. The molecule has 0 radical (unpaired) electrons. The Bertz CT molecular complexity index is 505. The molecule has 1 aromatic rings. The molecule has 116 valence electrons. The van der Waals surface area contributed by atoms with Crippen LogP contribution in [0.2, 0.25) is 0 Å². The van der Waals surface area contributed by atoms with E-state index in [-0.39, 0.29) is 17.9 Å². The van der Waals surface area contributed by atoms with Gasteiger partial charge in [-0.2, -0.15) is 0 Å². The van der Waals surface area contributed by atoms with Gasteiger partial charge in [0.2, 0.25) is 0 Å². The number of nitrogens with one attached hydrogen (secondary N) is 1. The van der Waals surface area contributed by atoms with Gasteiger partial charge >= 0.3 is 0 Å². The highest BCUT2D eigenvalue weighted by Gasteiger charge is 2.24. The molecular formula is C14H21N3O4. The zero-order valence-electron chi connectivity index (χ0n) is 12.3. The standard InChI is InChI=1S/C14H21N3O4/c1-3-15-11-6-7-13(17(20)21)12(10-11)14(19)16(4-2)8-5-9-18/h6-7,10,15,18H,3-5,8-9H2,1-2H3. The van der Waals surface area contributed by atoms with Crippen LogP contribution in [0.1, 0.15) is 30.6 Å². The maximum Gasteiger partial charge on any atom is 0.282 e. The number of nitrogens with zero attached hydrogens (tertiary/aromatic N) is 2. The van der Waals surface area contributed by atoms with Crippen molar-refractivity contribution in [3.63, 3.8) is 0 Å². The third-order valence-electron chi connectivity index (χ3n) is 3.06. The first-order chi connectivity index (χ1) is 10.0. The summed E-state index contributed by atoms with van der Waals surface area (Å²) in [5, 5.41) is 23.0. The first-order valence-corrected chi connectivity index (χ1v) is 6.97. The van der Waals surface area contributed by atoms with Gasteiger partial charge in [-0.3, -0.25) is 14.9 Å². The lowest BCUT2D eigenvalue weighted by atomic mass is 10.1. The fourth-order valence-electron chi connectivity index (χ4n) is 2.02. The van der Waals surface area contributed by atoms with Crippen LogP contribution in [0.4, 0.5) is 11.4 Å². The minimum Gasteiger partial charge on any atom is -0.396 e. The van der Waals surface area contributed by atoms with Crippen molar-refractivity contribution in [1.82, 2.24) is 4.90 Å². The van der Waals surface area contributed by atoms with Gasteiger partial charge in [0, 0.05) is 38.0 Å². The van der Waals surface area contributed by atoms with Gasteiger partial charge in [-0.05, 0) is 32.4 Å². The number of hydrogen-bond acceptors (Lipinski definition) is 5. The molecule has 2 N–H and O–H groups in total. The summed E-state index contributed by atoms with van der Waals surface area (Å²) in [5.41, 5.74) is 0.534. The normalized spacial score (nSPS) is 10.2. The van der Waals surface area contributed by atoms with Crippen molar-refractivity contribution < 1.29 is 14.8 Å². The van der Waals surface area contributed by atoms with E-state index in [0.29, 0.717) is 31.7 Å². The lowest BCUT2D eigenvalue weighted by Crippen LogP contribution is -2.32. The van der Waals surface area contributed by atoms with Crippen molar-refractivity contribution in [2.24, 2.45) is 0 Å². The van der Waals surface area contributed by atoms with Crippen LogP contribution in [0.15, 0.2) is 18.2 Å². The number of carbonyl (C=O) groups is 1. The summed E-state index contributed by atoms with van der Waals surface area (Å²) >= 11 is 0. The van der Waals surface area contributed by atoms with E-state index in [2.05, 4.69) is 5.32 Å². The number of aliphatic hydroxyl groups excluding tert-OH is 1. The topological polar surface area (TPSA) is 95.7 Å². The second-order valence-electron chi connectivity index (χ2n) is 4.48. The quantitative estimate of drug-likeness (QED) is 0.564. The molecule has 1 aromatic carbocycles. The predicted octanol–water partition coefficient (Wildman–Crippen LogP) is 1.87. The number of rotatable bonds is 8. The van der Waals surface area contributed by atoms with Crippen LogP contribution >= 0.6 is 0 Å². The van der Waals surface area contributed by atoms with Gasteiger partial charge in [-0.25, -0.2) is 0 Å². The summed E-state index contributed by atoms with van der Waals surface area (Å²) in [6, 6.07) is 4.43. The number of aliphatic hydroxyl groups is 1. The highest BCUT2D eigenvalue weighted by Crippen LogP contribution is 2.24. The summed E-state index contributed by atoms with van der Waals surface area (Å²) in [7, 11) is 0. The molecule has 0 saturated heterocycles. The van der Waals surface area contributed by atoms with Gasteiger partial charge in [0.25, 0.3) is 11.6 Å². The number of anilines is 1. The fraction of sp³-hybridized carbons (Fsp3) is 0.500. The Kier molecular flexibility index (Phi) is 6.61. The number of nitro groups is 1. The van der Waals surface area contributed by atoms with E-state index in [9.17, 15) is 14.9 Å². The predicted molar refractivity (Wildman–Crippen MR) is 80.5 cm³/mol. The van der Waals surface area contributed by atoms with Crippen molar-refractivity contribution in [3.05, 3.63) is 33.9 Å². The minimum absolute atomic E-state index is 0.0245. The molecule has 0 aromatic heterocycles. The van der Waals surface area contributed by atoms with Gasteiger partial charge < -0.3 is 15.3 Å². The molecule has 0 aliphatic heterocycles. The summed E-state index contributed by atoms with van der Waals surface area (Å²) in [6.07, 6.45) is 0.445. The van der Waals surface area contributed by atoms with Crippen LogP contribution in [0.5, 0.6) is 0 Å². The number of nitro benzene ring substituents is 1. The molecular weight excluding hydrogens is 274 g/mol. The minimum atomic E-state index is -0.553. The van der Waals surface area contributed by atoms with E-state index >= 15 is 0 Å². The monoisotopic (exact) mass is 295 g/mol. The molecule has 0 fully saturated rings. The van der Waals surface area contributed by atoms with Gasteiger partial charge in [0.1, 0.15) is 5.56 Å². The zero-order valence-corrected chi connectivity index (χ0v) is 12.3. The fourth-order valence-corrected chi connectivity index (χ4v) is 2.02. The van der Waals surface area contributed by atoms with Crippen LogP contribution in [-0.2, 0) is 0 Å². The van der Waals surface area contributed by atoms with E-state index in [4.69, 9.17) is 5.11 Å². The van der Waals surface area contributed by atoms with Crippen molar-refractivity contribution >= 4 is 17.3 Å². The van der Waals surface area contributed by atoms with Crippen LogP contribution < -0.4 is 5.32 Å². The molecule has 0 spiro atoms. The van der Waals surface area contributed by atoms with Crippen molar-refractivity contribution in [1.29, 1.82) is 0 Å². The van der Waals surface area contributed by atoms with Crippen LogP contribution in [0.3, 0.4) is 0 Å². The van der Waals surface area contributed by atoms with E-state index < -0.39 is 10.8 Å². The van der Waals surface area contributed by atoms with E-state index in [1.54, 1.807) is 13.0 Å². The highest BCUT2D eigenvalue weighted by atomic mass is 16.6. The third-order valence-corrected chi connectivity index (χ3v) is 3.06. The molecule has 0 atom stereocenters. The van der Waals surface area contributed by atoms with Gasteiger partial charge in [-0.15, -0.1) is 0 Å². The molecule has 21 heavy (non-hydrogen) atoms. The average molecular weight is 295 g/mol. The van der Waals surface area contributed by atoms with Gasteiger partial charge in [-0.1, -0.05) is 0 Å². The number of amides is 1. The number of benzene rings is 1. The Morgan fingerprint density at radius 2 is 2.14 bits per heavy atom. The highest BCUT2D eigenvalue weighted by molar-refractivity contribution is 5.99. The molecule has 0 heterocycles. The molecule has 0 saturated carbocycles. The maximum absolute atomic E-state index is 12.5. The van der Waals surface area contributed by atoms with Gasteiger partial charge in [0.05, 0.1) is 4.92 Å². The molecule has 7 nitrogen and oxygen atoms in total. The average Bonchev–Trinajstić information content (AvgIpc) is 2.47. The van der Waals surface area contributed by atoms with E-state index in [1.165, 1.54) is 17.0 Å². The van der Waals surface area contributed by atoms with Crippen LogP contribution in [-0.4, -0.2) is 47.1 Å². The molecule has 0 unspecified atom stereocenters. The van der Waals surface area contributed by atoms with Crippen molar-refractivity contribution in [3.8, 4) is 0 Å². The smallest absolute Gasteiger partial charge is 0.282 e. The Labute approximate surface area is 123 Å². The van der Waals surface area contributed by atoms with Crippen LogP contribution in [0, 0.1) is 10.1 Å². The molecule has 0 bridgehead atoms. The Hall–Kier alpha value is -2.15. The van der Waals surface area contributed by atoms with Crippen molar-refractivity contribution in [2.45, 2.75) is 20.3 Å². The first kappa shape index (κ1) is 16.9. The molecule has 0 aliphatic carbocycles. The first-order valence-electron chi connectivity index (χ1n) is 6.97. The van der Waals surface area contributed by atoms with Crippen LogP contribution in [0.25, 0.3) is 0 Å². The molecule has 1 rings (SSSR count). The summed E-state index contributed by atoms with van der Waals surface area (Å²) in [5.74, 6) is -0.391. The van der Waals surface area contributed by atoms with E-state index in [0.717, 1.165) is 0 Å². The Morgan fingerprint density at radius 3 is 2.67 bits per heavy atom. The lowest BCUT2D eigenvalue weighted by Gasteiger charge is -2.20. The summed E-state index contributed by atoms with van der Waals surface area (Å²) in [4.78, 5) is 24.5. The second-order valence-corrected chi connectivity index (χ2v) is 4.48. The lowest BCUT2D eigenvalue weighted by molar-refractivity contribution is -0.385. The summed E-state index contributed by atoms with van der Waals surface area (Å²) in [6.45, 7) is 5.14. The summed E-state index contributed by atoms with van der Waals surface area (Å²) < 4.78 is 0. The van der Waals surface area contributed by atoms with Gasteiger partial charge in [0.15, 0.2) is 0 Å².